The van der Waals surface area contributed by atoms with E-state index in [1.54, 1.807) is 0 Å². The highest BCUT2D eigenvalue weighted by Gasteiger charge is 2.30. The van der Waals surface area contributed by atoms with E-state index in [-0.39, 0.29) is 25.7 Å². The van der Waals surface area contributed by atoms with E-state index in [4.69, 9.17) is 37.0 Å². The number of aliphatic hydroxyl groups excluding tert-OH is 1. The predicted molar refractivity (Wildman–Crippen MR) is 386 cm³/mol. The van der Waals surface area contributed by atoms with Gasteiger partial charge in [0.05, 0.1) is 26.4 Å². The Hall–Kier alpha value is -2.46. The van der Waals surface area contributed by atoms with Crippen LogP contribution in [0.25, 0.3) is 0 Å². The Kier molecular flexibility index (Phi) is 64.4. The molecule has 19 heteroatoms. The number of hydrogen-bond acceptors (Lipinski definition) is 15. The fourth-order valence-electron chi connectivity index (χ4n) is 11.0. The Labute approximate surface area is 580 Å². The molecule has 95 heavy (non-hydrogen) atoms. The molecular weight excluding hydrogens is 1250 g/mol. The van der Waals surface area contributed by atoms with Crippen molar-refractivity contribution in [1.82, 2.24) is 0 Å². The molecule has 3 unspecified atom stereocenters. The van der Waals surface area contributed by atoms with E-state index in [1.807, 2.05) is 0 Å². The van der Waals surface area contributed by atoms with E-state index in [9.17, 15) is 43.2 Å². The van der Waals surface area contributed by atoms with E-state index in [1.165, 1.54) is 148 Å². The van der Waals surface area contributed by atoms with Crippen LogP contribution in [0.4, 0.5) is 0 Å². The van der Waals surface area contributed by atoms with Crippen molar-refractivity contribution >= 4 is 39.5 Å². The summed E-state index contributed by atoms with van der Waals surface area (Å²) < 4.78 is 68.3. The fourth-order valence-corrected chi connectivity index (χ4v) is 12.6. The summed E-state index contributed by atoms with van der Waals surface area (Å²) in [5.41, 5.74) is 0. The van der Waals surface area contributed by atoms with Crippen LogP contribution in [0.15, 0.2) is 24.3 Å². The molecule has 0 heterocycles. The van der Waals surface area contributed by atoms with Gasteiger partial charge in [0, 0.05) is 25.7 Å². The molecule has 0 saturated carbocycles. The van der Waals surface area contributed by atoms with Gasteiger partial charge in [-0.15, -0.1) is 0 Å². The van der Waals surface area contributed by atoms with Crippen molar-refractivity contribution in [3.05, 3.63) is 24.3 Å². The normalized spacial score (nSPS) is 14.5. The Morgan fingerprint density at radius 3 is 0.937 bits per heavy atom. The third kappa shape index (κ3) is 68.5. The number of phosphoric ester groups is 2. The van der Waals surface area contributed by atoms with Crippen molar-refractivity contribution in [3.63, 3.8) is 0 Å². The van der Waals surface area contributed by atoms with E-state index < -0.39 is 97.5 Å². The number of allylic oxidation sites excluding steroid dienone is 4. The monoisotopic (exact) mass is 1390 g/mol. The molecule has 0 saturated heterocycles. The minimum Gasteiger partial charge on any atom is -0.462 e. The quantitative estimate of drug-likeness (QED) is 0.0169. The zero-order valence-corrected chi connectivity index (χ0v) is 63.4. The standard InChI is InChI=1S/C76H144O17P2/c1-8-10-11-12-13-14-15-16-21-25-28-31-34-45-52-59-75(80)92-71(63-86-73(78)57-50-43-38-36-40-47-54-67(3)4)65-90-94(82,83)88-61-70(77)62-89-95(84,85)91-66-72(64-87-74(79)58-51-44-39-37-41-48-55-68(5)6)93-76(81)60-53-46-35-32-29-26-23-20-18-17-19-22-24-27-30-33-42-49-56-69(7)9-2/h14-16,21,67-72,77H,8-13,17-20,22-66H2,1-7H3,(H,82,83)(H,84,85)/b15-14-,21-16-/t69?,70-,71+,72+/m0/s1. The number of esters is 4. The van der Waals surface area contributed by atoms with Crippen LogP contribution in [0.5, 0.6) is 0 Å². The molecule has 6 atom stereocenters. The fraction of sp³-hybridized carbons (Fsp3) is 0.895. The predicted octanol–water partition coefficient (Wildman–Crippen LogP) is 21.7. The van der Waals surface area contributed by atoms with Crippen molar-refractivity contribution in [2.75, 3.05) is 39.6 Å². The topological polar surface area (TPSA) is 237 Å². The lowest BCUT2D eigenvalue weighted by molar-refractivity contribution is -0.161. The number of rotatable bonds is 72. The maximum absolute atomic E-state index is 13.0. The van der Waals surface area contributed by atoms with Crippen molar-refractivity contribution in [3.8, 4) is 0 Å². The van der Waals surface area contributed by atoms with Gasteiger partial charge in [0.25, 0.3) is 0 Å². The molecule has 0 aromatic carbocycles. The number of hydrogen-bond donors (Lipinski definition) is 3. The highest BCUT2D eigenvalue weighted by molar-refractivity contribution is 7.47. The SMILES string of the molecule is CCCCCC/C=C\C=C/CCCCCCCC(=O)O[C@H](COC(=O)CCCCCCCCC(C)C)COP(=O)(O)OC[C@H](O)COP(=O)(O)OC[C@@H](COC(=O)CCCCCCCCC(C)C)OC(=O)CCCCCCCCCCCCCCCCCCCCC(C)CC. The number of carbonyl (C=O) groups excluding carboxylic acids is 4. The first-order valence-electron chi connectivity index (χ1n) is 38.7. The van der Waals surface area contributed by atoms with Gasteiger partial charge in [-0.2, -0.15) is 0 Å². The number of aliphatic hydroxyl groups is 1. The lowest BCUT2D eigenvalue weighted by Crippen LogP contribution is -2.30. The molecule has 0 spiro atoms. The Morgan fingerprint density at radius 1 is 0.347 bits per heavy atom. The Bertz CT molecular complexity index is 1950. The average molecular weight is 1390 g/mol. The molecule has 560 valence electrons. The summed E-state index contributed by atoms with van der Waals surface area (Å²) in [7, 11) is -9.92. The highest BCUT2D eigenvalue weighted by Crippen LogP contribution is 2.45. The zero-order valence-electron chi connectivity index (χ0n) is 61.6. The van der Waals surface area contributed by atoms with Gasteiger partial charge in [-0.25, -0.2) is 9.13 Å². The molecule has 17 nitrogen and oxygen atoms in total. The first-order valence-corrected chi connectivity index (χ1v) is 41.7. The van der Waals surface area contributed by atoms with Crippen molar-refractivity contribution in [2.24, 2.45) is 17.8 Å². The van der Waals surface area contributed by atoms with Crippen LogP contribution in [-0.2, 0) is 65.4 Å². The van der Waals surface area contributed by atoms with E-state index in [0.717, 1.165) is 121 Å². The van der Waals surface area contributed by atoms with Crippen LogP contribution in [0.2, 0.25) is 0 Å². The van der Waals surface area contributed by atoms with Crippen LogP contribution >= 0.6 is 15.6 Å². The molecule has 0 aromatic heterocycles. The number of ether oxygens (including phenoxy) is 4. The van der Waals surface area contributed by atoms with Crippen LogP contribution in [-0.4, -0.2) is 96.7 Å². The van der Waals surface area contributed by atoms with E-state index in [0.29, 0.717) is 37.5 Å². The molecule has 0 fully saturated rings. The van der Waals surface area contributed by atoms with Crippen molar-refractivity contribution < 1.29 is 80.2 Å². The number of carbonyl (C=O) groups is 4. The average Bonchev–Trinajstić information content (AvgIpc) is 1.74. The Morgan fingerprint density at radius 2 is 0.621 bits per heavy atom. The second-order valence-electron chi connectivity index (χ2n) is 27.9. The van der Waals surface area contributed by atoms with Crippen molar-refractivity contribution in [1.29, 1.82) is 0 Å². The van der Waals surface area contributed by atoms with Crippen LogP contribution in [0, 0.1) is 17.8 Å². The van der Waals surface area contributed by atoms with E-state index >= 15 is 0 Å². The molecule has 3 N–H and O–H groups in total. The van der Waals surface area contributed by atoms with Gasteiger partial charge in [-0.3, -0.25) is 37.3 Å². The molecule has 0 aliphatic rings. The molecule has 0 aliphatic heterocycles. The van der Waals surface area contributed by atoms with Crippen molar-refractivity contribution in [2.45, 2.75) is 381 Å². The minimum atomic E-state index is -4.96. The summed E-state index contributed by atoms with van der Waals surface area (Å²) in [4.78, 5) is 72.6. The highest BCUT2D eigenvalue weighted by atomic mass is 31.2. The third-order valence-electron chi connectivity index (χ3n) is 17.4. The summed E-state index contributed by atoms with van der Waals surface area (Å²) >= 11 is 0. The maximum Gasteiger partial charge on any atom is 0.472 e. The van der Waals surface area contributed by atoms with Gasteiger partial charge in [0.15, 0.2) is 12.2 Å². The van der Waals surface area contributed by atoms with Crippen LogP contribution in [0.1, 0.15) is 363 Å². The molecular formula is C76H144O17P2. The summed E-state index contributed by atoms with van der Waals surface area (Å²) in [6.07, 6.45) is 55.4. The molecule has 0 aliphatic carbocycles. The lowest BCUT2D eigenvalue weighted by Gasteiger charge is -2.21. The summed E-state index contributed by atoms with van der Waals surface area (Å²) in [5.74, 6) is 0.0684. The lowest BCUT2D eigenvalue weighted by atomic mass is 9.99. The van der Waals surface area contributed by atoms with Gasteiger partial charge in [0.2, 0.25) is 0 Å². The van der Waals surface area contributed by atoms with Crippen LogP contribution < -0.4 is 0 Å². The largest absolute Gasteiger partial charge is 0.472 e. The Balaban J connectivity index is 5.16. The van der Waals surface area contributed by atoms with Gasteiger partial charge in [-0.05, 0) is 69.1 Å². The van der Waals surface area contributed by atoms with Crippen LogP contribution in [0.3, 0.4) is 0 Å². The third-order valence-corrected chi connectivity index (χ3v) is 19.3. The summed E-state index contributed by atoms with van der Waals surface area (Å²) in [5, 5.41) is 10.6. The minimum absolute atomic E-state index is 0.0836. The van der Waals surface area contributed by atoms with Gasteiger partial charge < -0.3 is 33.8 Å². The smallest absolute Gasteiger partial charge is 0.462 e. The number of phosphoric acid groups is 2. The first-order chi connectivity index (χ1) is 45.8. The molecule has 0 amide bonds. The molecule has 0 radical (unpaired) electrons. The summed E-state index contributed by atoms with van der Waals surface area (Å²) in [6, 6.07) is 0. The molecule has 0 aromatic rings. The first kappa shape index (κ1) is 92.5. The molecule has 0 bridgehead atoms. The second kappa shape index (κ2) is 66.1. The van der Waals surface area contributed by atoms with Gasteiger partial charge >= 0.3 is 39.5 Å². The molecule has 0 rings (SSSR count). The van der Waals surface area contributed by atoms with E-state index in [2.05, 4.69) is 72.8 Å². The summed E-state index contributed by atoms with van der Waals surface area (Å²) in [6.45, 7) is 11.7. The second-order valence-corrected chi connectivity index (χ2v) is 30.8. The van der Waals surface area contributed by atoms with Gasteiger partial charge in [-0.1, -0.05) is 310 Å². The zero-order chi connectivity index (χ0) is 70.1. The van der Waals surface area contributed by atoms with Gasteiger partial charge in [0.1, 0.15) is 19.3 Å². The maximum atomic E-state index is 13.0. The number of unbranched alkanes of at least 4 members (excludes halogenated alkanes) is 36.